The van der Waals surface area contributed by atoms with Crippen molar-refractivity contribution in [1.29, 1.82) is 0 Å². The van der Waals surface area contributed by atoms with Crippen molar-refractivity contribution in [2.75, 3.05) is 11.9 Å². The van der Waals surface area contributed by atoms with Gasteiger partial charge in [0.15, 0.2) is 0 Å². The lowest BCUT2D eigenvalue weighted by molar-refractivity contribution is 0.00299. The SMILES string of the molecule is CCOC1CC(Nc2ccc(S(=O)(=O)NC3CC3)cc2)C1. The number of nitrogens with one attached hydrogen (secondary N) is 2. The molecule has 2 N–H and O–H groups in total. The third-order valence-corrected chi connectivity index (χ3v) is 5.47. The molecule has 0 heterocycles. The topological polar surface area (TPSA) is 67.4 Å². The predicted octanol–water partition coefficient (Wildman–Crippen LogP) is 2.11. The highest BCUT2D eigenvalue weighted by Crippen LogP contribution is 2.27. The average molecular weight is 310 g/mol. The van der Waals surface area contributed by atoms with Crippen molar-refractivity contribution in [2.45, 2.75) is 55.7 Å². The summed E-state index contributed by atoms with van der Waals surface area (Å²) in [7, 11) is -3.35. The molecule has 1 aromatic rings. The zero-order chi connectivity index (χ0) is 14.9. The molecule has 2 aliphatic rings. The van der Waals surface area contributed by atoms with E-state index in [2.05, 4.69) is 10.0 Å². The van der Waals surface area contributed by atoms with Gasteiger partial charge in [-0.25, -0.2) is 13.1 Å². The van der Waals surface area contributed by atoms with Crippen LogP contribution < -0.4 is 10.0 Å². The number of anilines is 1. The van der Waals surface area contributed by atoms with E-state index in [1.807, 2.05) is 19.1 Å². The average Bonchev–Trinajstić information content (AvgIpc) is 3.20. The van der Waals surface area contributed by atoms with E-state index in [1.165, 1.54) is 0 Å². The van der Waals surface area contributed by atoms with Crippen molar-refractivity contribution in [3.8, 4) is 0 Å². The Labute approximate surface area is 126 Å². The van der Waals surface area contributed by atoms with Gasteiger partial charge in [-0.2, -0.15) is 0 Å². The summed E-state index contributed by atoms with van der Waals surface area (Å²) in [6.45, 7) is 2.77. The maximum atomic E-state index is 12.1. The molecule has 0 spiro atoms. The Hall–Kier alpha value is -1.11. The third kappa shape index (κ3) is 3.75. The van der Waals surface area contributed by atoms with E-state index < -0.39 is 10.0 Å². The normalized spacial score (nSPS) is 25.4. The molecule has 0 unspecified atom stereocenters. The van der Waals surface area contributed by atoms with Crippen LogP contribution in [0.2, 0.25) is 0 Å². The van der Waals surface area contributed by atoms with Crippen molar-refractivity contribution < 1.29 is 13.2 Å². The van der Waals surface area contributed by atoms with E-state index in [1.54, 1.807) is 12.1 Å². The van der Waals surface area contributed by atoms with Crippen molar-refractivity contribution in [3.05, 3.63) is 24.3 Å². The molecule has 0 aromatic heterocycles. The minimum atomic E-state index is -3.35. The first-order chi connectivity index (χ1) is 10.1. The van der Waals surface area contributed by atoms with Crippen LogP contribution in [0.3, 0.4) is 0 Å². The second-order valence-corrected chi connectivity index (χ2v) is 7.52. The summed E-state index contributed by atoms with van der Waals surface area (Å²) in [5.74, 6) is 0. The van der Waals surface area contributed by atoms with Gasteiger partial charge >= 0.3 is 0 Å². The van der Waals surface area contributed by atoms with Gasteiger partial charge in [0.2, 0.25) is 10.0 Å². The van der Waals surface area contributed by atoms with Gasteiger partial charge in [0.05, 0.1) is 11.0 Å². The molecule has 0 atom stereocenters. The van der Waals surface area contributed by atoms with E-state index >= 15 is 0 Å². The Balaban J connectivity index is 1.55. The van der Waals surface area contributed by atoms with Gasteiger partial charge in [-0.15, -0.1) is 0 Å². The first-order valence-electron chi connectivity index (χ1n) is 7.57. The number of rotatable bonds is 7. The number of benzene rings is 1. The molecule has 0 saturated heterocycles. The van der Waals surface area contributed by atoms with Gasteiger partial charge in [0.25, 0.3) is 0 Å². The Morgan fingerprint density at radius 1 is 1.14 bits per heavy atom. The lowest BCUT2D eigenvalue weighted by atomic mass is 9.89. The van der Waals surface area contributed by atoms with Crippen LogP contribution in [0.4, 0.5) is 5.69 Å². The predicted molar refractivity (Wildman–Crippen MR) is 81.8 cm³/mol. The molecule has 0 aliphatic heterocycles. The Kier molecular flexibility index (Phi) is 4.19. The molecule has 2 aliphatic carbocycles. The smallest absolute Gasteiger partial charge is 0.240 e. The highest BCUT2D eigenvalue weighted by molar-refractivity contribution is 7.89. The van der Waals surface area contributed by atoms with Gasteiger partial charge in [0, 0.05) is 24.4 Å². The molecule has 0 bridgehead atoms. The highest BCUT2D eigenvalue weighted by Gasteiger charge is 2.30. The molecule has 5 nitrogen and oxygen atoms in total. The van der Waals surface area contributed by atoms with E-state index in [-0.39, 0.29) is 6.04 Å². The summed E-state index contributed by atoms with van der Waals surface area (Å²) in [5.41, 5.74) is 0.959. The van der Waals surface area contributed by atoms with Crippen LogP contribution in [0.1, 0.15) is 32.6 Å². The fourth-order valence-corrected chi connectivity index (χ4v) is 3.81. The van der Waals surface area contributed by atoms with Gasteiger partial charge in [0.1, 0.15) is 0 Å². The standard InChI is InChI=1S/C15H22N2O3S/c1-2-20-14-9-13(10-14)16-11-5-7-15(8-6-11)21(18,19)17-12-3-4-12/h5-8,12-14,16-17H,2-4,9-10H2,1H3. The van der Waals surface area contributed by atoms with Crippen molar-refractivity contribution in [2.24, 2.45) is 0 Å². The summed E-state index contributed by atoms with van der Waals surface area (Å²) < 4.78 is 32.3. The molecular formula is C15H22N2O3S. The fraction of sp³-hybridized carbons (Fsp3) is 0.600. The highest BCUT2D eigenvalue weighted by atomic mass is 32.2. The van der Waals surface area contributed by atoms with Gasteiger partial charge in [-0.1, -0.05) is 0 Å². The van der Waals surface area contributed by atoms with Gasteiger partial charge in [-0.3, -0.25) is 0 Å². The summed E-state index contributed by atoms with van der Waals surface area (Å²) >= 11 is 0. The van der Waals surface area contributed by atoms with Crippen LogP contribution in [-0.2, 0) is 14.8 Å². The molecule has 1 aromatic carbocycles. The maximum absolute atomic E-state index is 12.1. The summed E-state index contributed by atoms with van der Waals surface area (Å²) in [5, 5.41) is 3.40. The molecule has 0 amide bonds. The molecule has 0 radical (unpaired) electrons. The first-order valence-corrected chi connectivity index (χ1v) is 9.05. The maximum Gasteiger partial charge on any atom is 0.240 e. The summed E-state index contributed by atoms with van der Waals surface area (Å²) in [6.07, 6.45) is 4.28. The zero-order valence-corrected chi connectivity index (χ0v) is 13.0. The molecule has 2 fully saturated rings. The molecule has 21 heavy (non-hydrogen) atoms. The number of ether oxygens (including phenoxy) is 1. The Morgan fingerprint density at radius 3 is 2.38 bits per heavy atom. The molecule has 116 valence electrons. The quantitative estimate of drug-likeness (QED) is 0.809. The lowest BCUT2D eigenvalue weighted by Crippen LogP contribution is -2.40. The largest absolute Gasteiger partial charge is 0.382 e. The molecule has 3 rings (SSSR count). The second kappa shape index (κ2) is 5.94. The Morgan fingerprint density at radius 2 is 1.81 bits per heavy atom. The molecule has 6 heteroatoms. The third-order valence-electron chi connectivity index (χ3n) is 3.93. The Bertz CT molecular complexity index is 575. The van der Waals surface area contributed by atoms with Crippen LogP contribution in [0.5, 0.6) is 0 Å². The van der Waals surface area contributed by atoms with Crippen LogP contribution in [0.15, 0.2) is 29.2 Å². The monoisotopic (exact) mass is 310 g/mol. The van der Waals surface area contributed by atoms with Crippen molar-refractivity contribution in [3.63, 3.8) is 0 Å². The van der Waals surface area contributed by atoms with Crippen molar-refractivity contribution in [1.82, 2.24) is 4.72 Å². The number of hydrogen-bond acceptors (Lipinski definition) is 4. The van der Waals surface area contributed by atoms with Gasteiger partial charge < -0.3 is 10.1 Å². The lowest BCUT2D eigenvalue weighted by Gasteiger charge is -2.36. The van der Waals surface area contributed by atoms with Crippen LogP contribution in [0.25, 0.3) is 0 Å². The van der Waals surface area contributed by atoms with E-state index in [0.717, 1.165) is 38.0 Å². The number of hydrogen-bond donors (Lipinski definition) is 2. The minimum Gasteiger partial charge on any atom is -0.382 e. The fourth-order valence-electron chi connectivity index (χ4n) is 2.51. The molecule has 2 saturated carbocycles. The minimum absolute atomic E-state index is 0.137. The van der Waals surface area contributed by atoms with E-state index in [0.29, 0.717) is 17.0 Å². The summed E-state index contributed by atoms with van der Waals surface area (Å²) in [6, 6.07) is 7.54. The van der Waals surface area contributed by atoms with E-state index in [4.69, 9.17) is 4.74 Å². The van der Waals surface area contributed by atoms with E-state index in [9.17, 15) is 8.42 Å². The zero-order valence-electron chi connectivity index (χ0n) is 12.2. The first kappa shape index (κ1) is 14.8. The second-order valence-electron chi connectivity index (χ2n) is 5.81. The van der Waals surface area contributed by atoms with Gasteiger partial charge in [-0.05, 0) is 56.9 Å². The van der Waals surface area contributed by atoms with Crippen LogP contribution >= 0.6 is 0 Å². The van der Waals surface area contributed by atoms with Crippen LogP contribution in [-0.4, -0.2) is 33.2 Å². The molecular weight excluding hydrogens is 288 g/mol. The number of sulfonamides is 1. The van der Waals surface area contributed by atoms with Crippen molar-refractivity contribution >= 4 is 15.7 Å². The summed E-state index contributed by atoms with van der Waals surface area (Å²) in [4.78, 5) is 0.334. The van der Waals surface area contributed by atoms with Crippen LogP contribution in [0, 0.1) is 0 Å².